The predicted molar refractivity (Wildman–Crippen MR) is 105 cm³/mol. The first-order valence-corrected chi connectivity index (χ1v) is 10.2. The van der Waals surface area contributed by atoms with Crippen molar-refractivity contribution in [2.45, 2.75) is 37.6 Å². The molecule has 4 rings (SSSR count). The smallest absolute Gasteiger partial charge is 0.226 e. The average molecular weight is 389 g/mol. The van der Waals surface area contributed by atoms with Crippen molar-refractivity contribution in [2.24, 2.45) is 0 Å². The lowest BCUT2D eigenvalue weighted by Gasteiger charge is -2.32. The van der Waals surface area contributed by atoms with Crippen LogP contribution in [0.2, 0.25) is 0 Å². The maximum atomic E-state index is 12.4. The van der Waals surface area contributed by atoms with Crippen molar-refractivity contribution in [3.05, 3.63) is 23.8 Å². The van der Waals surface area contributed by atoms with Gasteiger partial charge in [-0.3, -0.25) is 9.69 Å². The number of ether oxygens (including phenoxy) is 3. The molecule has 3 fully saturated rings. The van der Waals surface area contributed by atoms with Crippen molar-refractivity contribution in [3.8, 4) is 11.5 Å². The minimum atomic E-state index is -0.400. The minimum absolute atomic E-state index is 0.121. The van der Waals surface area contributed by atoms with E-state index in [-0.39, 0.29) is 11.9 Å². The second-order valence-corrected chi connectivity index (χ2v) is 8.13. The average Bonchev–Trinajstić information content (AvgIpc) is 3.31. The van der Waals surface area contributed by atoms with Crippen molar-refractivity contribution < 1.29 is 19.0 Å². The van der Waals surface area contributed by atoms with Gasteiger partial charge < -0.3 is 24.0 Å². The first-order valence-electron chi connectivity index (χ1n) is 10.2. The van der Waals surface area contributed by atoms with Gasteiger partial charge in [-0.2, -0.15) is 0 Å². The number of nitrogens with zero attached hydrogens (tertiary/aromatic N) is 3. The molecule has 1 aromatic rings. The molecule has 0 unspecified atom stereocenters. The van der Waals surface area contributed by atoms with Crippen LogP contribution in [0.25, 0.3) is 0 Å². The van der Waals surface area contributed by atoms with Gasteiger partial charge in [-0.25, -0.2) is 0 Å². The van der Waals surface area contributed by atoms with Gasteiger partial charge in [0.25, 0.3) is 0 Å². The molecule has 0 radical (unpaired) electrons. The Morgan fingerprint density at radius 3 is 2.96 bits per heavy atom. The number of carbonyl (C=O) groups is 1. The maximum Gasteiger partial charge on any atom is 0.226 e. The van der Waals surface area contributed by atoms with E-state index in [9.17, 15) is 4.79 Å². The number of hydrogen-bond acceptors (Lipinski definition) is 6. The number of carbonyl (C=O) groups excluding carboxylic acids is 1. The first kappa shape index (κ1) is 19.5. The van der Waals surface area contributed by atoms with Gasteiger partial charge in [0.05, 0.1) is 26.4 Å². The highest BCUT2D eigenvalue weighted by Gasteiger charge is 2.61. The highest BCUT2D eigenvalue weighted by molar-refractivity contribution is 5.81. The third-order valence-electron chi connectivity index (χ3n) is 6.16. The molecule has 3 heterocycles. The molecule has 3 aliphatic rings. The summed E-state index contributed by atoms with van der Waals surface area (Å²) in [6, 6.07) is 6.16. The Hall–Kier alpha value is -1.83. The van der Waals surface area contributed by atoms with Crippen molar-refractivity contribution in [3.63, 3.8) is 0 Å². The fourth-order valence-corrected chi connectivity index (χ4v) is 4.85. The summed E-state index contributed by atoms with van der Waals surface area (Å²) in [5.41, 5.74) is 0.702. The van der Waals surface area contributed by atoms with Crippen LogP contribution in [0.5, 0.6) is 11.5 Å². The van der Waals surface area contributed by atoms with Crippen LogP contribution in [0.4, 0.5) is 0 Å². The highest BCUT2D eigenvalue weighted by atomic mass is 16.5. The van der Waals surface area contributed by atoms with Crippen LogP contribution in [-0.4, -0.2) is 86.4 Å². The van der Waals surface area contributed by atoms with Crippen LogP contribution in [0, 0.1) is 0 Å². The molecular weight excluding hydrogens is 358 g/mol. The van der Waals surface area contributed by atoms with E-state index >= 15 is 0 Å². The van der Waals surface area contributed by atoms with E-state index in [4.69, 9.17) is 14.2 Å². The van der Waals surface area contributed by atoms with Gasteiger partial charge >= 0.3 is 0 Å². The molecule has 0 aromatic heterocycles. The number of benzene rings is 1. The Morgan fingerprint density at radius 1 is 1.32 bits per heavy atom. The SMILES string of the molecule is COc1cccc(CN2CC[C@@]34OCCN3C(=O)C[C@@H]24)c1OCCCN(C)C. The van der Waals surface area contributed by atoms with E-state index in [1.165, 1.54) is 0 Å². The van der Waals surface area contributed by atoms with Crippen LogP contribution in [0.15, 0.2) is 18.2 Å². The van der Waals surface area contributed by atoms with Gasteiger partial charge in [-0.05, 0) is 26.6 Å². The van der Waals surface area contributed by atoms with Gasteiger partial charge in [0.15, 0.2) is 17.2 Å². The summed E-state index contributed by atoms with van der Waals surface area (Å²) in [6.45, 7) is 4.66. The molecule has 3 aliphatic heterocycles. The molecule has 7 nitrogen and oxygen atoms in total. The third-order valence-corrected chi connectivity index (χ3v) is 6.16. The summed E-state index contributed by atoms with van der Waals surface area (Å²) in [4.78, 5) is 18.9. The molecule has 2 atom stereocenters. The van der Waals surface area contributed by atoms with Crippen molar-refractivity contribution >= 4 is 5.91 Å². The fraction of sp³-hybridized carbons (Fsp3) is 0.667. The quantitative estimate of drug-likeness (QED) is 0.629. The van der Waals surface area contributed by atoms with Crippen molar-refractivity contribution in [1.82, 2.24) is 14.7 Å². The van der Waals surface area contributed by atoms with E-state index in [0.717, 1.165) is 56.1 Å². The number of rotatable bonds is 8. The molecule has 1 amide bonds. The normalized spacial score (nSPS) is 26.8. The summed E-state index contributed by atoms with van der Waals surface area (Å²) in [7, 11) is 5.81. The molecule has 0 bridgehead atoms. The van der Waals surface area contributed by atoms with E-state index in [1.54, 1.807) is 7.11 Å². The molecule has 0 N–H and O–H groups in total. The topological polar surface area (TPSA) is 54.5 Å². The Bertz CT molecular complexity index is 726. The number of likely N-dealkylation sites (tertiary alicyclic amines) is 1. The molecule has 0 saturated carbocycles. The Morgan fingerprint density at radius 2 is 2.18 bits per heavy atom. The Balaban J connectivity index is 1.49. The van der Waals surface area contributed by atoms with E-state index in [2.05, 4.69) is 30.0 Å². The highest BCUT2D eigenvalue weighted by Crippen LogP contribution is 2.46. The summed E-state index contributed by atoms with van der Waals surface area (Å²) < 4.78 is 17.8. The maximum absolute atomic E-state index is 12.4. The summed E-state index contributed by atoms with van der Waals surface area (Å²) in [5, 5.41) is 0. The van der Waals surface area contributed by atoms with Crippen molar-refractivity contribution in [1.29, 1.82) is 0 Å². The lowest BCUT2D eigenvalue weighted by atomic mass is 10.1. The molecule has 0 aliphatic carbocycles. The van der Waals surface area contributed by atoms with Gasteiger partial charge in [-0.1, -0.05) is 12.1 Å². The zero-order valence-corrected chi connectivity index (χ0v) is 17.1. The second kappa shape index (κ2) is 7.89. The lowest BCUT2D eigenvalue weighted by molar-refractivity contribution is -0.136. The Labute approximate surface area is 167 Å². The molecule has 154 valence electrons. The second-order valence-electron chi connectivity index (χ2n) is 8.13. The number of para-hydroxylation sites is 1. The van der Waals surface area contributed by atoms with Crippen LogP contribution >= 0.6 is 0 Å². The van der Waals surface area contributed by atoms with Gasteiger partial charge in [0.1, 0.15) is 0 Å². The number of hydrogen-bond donors (Lipinski definition) is 0. The van der Waals surface area contributed by atoms with E-state index in [0.29, 0.717) is 19.6 Å². The van der Waals surface area contributed by atoms with Crippen LogP contribution in [0.1, 0.15) is 24.8 Å². The largest absolute Gasteiger partial charge is 0.493 e. The van der Waals surface area contributed by atoms with Crippen molar-refractivity contribution in [2.75, 3.05) is 54.1 Å². The third kappa shape index (κ3) is 3.36. The van der Waals surface area contributed by atoms with Gasteiger partial charge in [0, 0.05) is 44.6 Å². The molecule has 3 saturated heterocycles. The van der Waals surface area contributed by atoms with E-state index in [1.807, 2.05) is 17.0 Å². The van der Waals surface area contributed by atoms with E-state index < -0.39 is 5.72 Å². The first-order chi connectivity index (χ1) is 13.5. The monoisotopic (exact) mass is 389 g/mol. The summed E-state index contributed by atoms with van der Waals surface area (Å²) in [5.74, 6) is 1.80. The van der Waals surface area contributed by atoms with Crippen LogP contribution in [0.3, 0.4) is 0 Å². The Kier molecular flexibility index (Phi) is 5.49. The zero-order chi connectivity index (χ0) is 19.7. The number of amides is 1. The standard InChI is InChI=1S/C21H31N3O4/c1-22(2)9-5-12-27-20-16(6-4-7-17(20)26-3)15-23-10-8-21-18(23)14-19(25)24(21)11-13-28-21/h4,6-7,18H,5,8-15H2,1-3H3/t18-,21+/m1/s1. The lowest BCUT2D eigenvalue weighted by Crippen LogP contribution is -2.47. The fourth-order valence-electron chi connectivity index (χ4n) is 4.85. The van der Waals surface area contributed by atoms with Gasteiger partial charge in [-0.15, -0.1) is 0 Å². The molecule has 28 heavy (non-hydrogen) atoms. The predicted octanol–water partition coefficient (Wildman–Crippen LogP) is 1.56. The summed E-state index contributed by atoms with van der Waals surface area (Å²) in [6.07, 6.45) is 2.38. The van der Waals surface area contributed by atoms with Crippen LogP contribution in [-0.2, 0) is 16.1 Å². The minimum Gasteiger partial charge on any atom is -0.493 e. The molecule has 1 aromatic carbocycles. The van der Waals surface area contributed by atoms with Crippen LogP contribution < -0.4 is 9.47 Å². The molecular formula is C21H31N3O4. The number of methoxy groups -OCH3 is 1. The zero-order valence-electron chi connectivity index (χ0n) is 17.1. The molecule has 1 spiro atoms. The summed E-state index contributed by atoms with van der Waals surface area (Å²) >= 11 is 0. The van der Waals surface area contributed by atoms with Gasteiger partial charge in [0.2, 0.25) is 5.91 Å². The molecule has 7 heteroatoms.